The first-order valence-corrected chi connectivity index (χ1v) is 11.2. The zero-order valence-corrected chi connectivity index (χ0v) is 19.1. The third-order valence-electron chi connectivity index (χ3n) is 5.46. The van der Waals surface area contributed by atoms with Crippen molar-refractivity contribution in [1.82, 2.24) is 10.2 Å². The van der Waals surface area contributed by atoms with Crippen molar-refractivity contribution in [2.75, 3.05) is 19.0 Å². The number of methoxy groups -OCH3 is 1. The van der Waals surface area contributed by atoms with Crippen molar-refractivity contribution in [2.45, 2.75) is 71.8 Å². The number of carbonyl (C=O) groups is 3. The van der Waals surface area contributed by atoms with Crippen molar-refractivity contribution < 1.29 is 19.1 Å². The molecular formula is C24H35N3O4. The van der Waals surface area contributed by atoms with Gasteiger partial charge < -0.3 is 15.4 Å². The van der Waals surface area contributed by atoms with Gasteiger partial charge in [-0.2, -0.15) is 0 Å². The number of amides is 3. The molecule has 3 amide bonds. The molecule has 0 unspecified atom stereocenters. The molecule has 7 heteroatoms. The molecule has 0 fully saturated rings. The molecule has 0 spiro atoms. The number of nitrogens with zero attached hydrogens (tertiary/aromatic N) is 1. The number of hydrogen-bond donors (Lipinski definition) is 2. The summed E-state index contributed by atoms with van der Waals surface area (Å²) >= 11 is 0. The van der Waals surface area contributed by atoms with E-state index in [1.165, 1.54) is 20.0 Å². The van der Waals surface area contributed by atoms with E-state index in [1.807, 2.05) is 13.0 Å². The van der Waals surface area contributed by atoms with Crippen LogP contribution in [0.2, 0.25) is 0 Å². The number of anilines is 1. The van der Waals surface area contributed by atoms with Crippen LogP contribution in [0.25, 0.3) is 0 Å². The zero-order valence-electron chi connectivity index (χ0n) is 19.1. The SMILES string of the molecule is CCCCCCCC(=O)Nc1cccc([C@@H]2NC(=O)N(CCC)C(C)=C2C(=O)OC)c1. The number of unbranched alkanes of at least 4 members (excludes halogenated alkanes) is 4. The van der Waals surface area contributed by atoms with Gasteiger partial charge in [0.1, 0.15) is 0 Å². The van der Waals surface area contributed by atoms with E-state index in [1.54, 1.807) is 30.0 Å². The second-order valence-electron chi connectivity index (χ2n) is 7.86. The van der Waals surface area contributed by atoms with Crippen LogP contribution in [0, 0.1) is 0 Å². The molecule has 0 saturated heterocycles. The second kappa shape index (κ2) is 12.1. The summed E-state index contributed by atoms with van der Waals surface area (Å²) in [4.78, 5) is 39.1. The smallest absolute Gasteiger partial charge is 0.337 e. The van der Waals surface area contributed by atoms with Gasteiger partial charge in [-0.3, -0.25) is 9.69 Å². The van der Waals surface area contributed by atoms with Crippen molar-refractivity contribution in [3.63, 3.8) is 0 Å². The number of nitrogens with one attached hydrogen (secondary N) is 2. The topological polar surface area (TPSA) is 87.7 Å². The van der Waals surface area contributed by atoms with Crippen molar-refractivity contribution >= 4 is 23.6 Å². The second-order valence-corrected chi connectivity index (χ2v) is 7.86. The largest absolute Gasteiger partial charge is 0.466 e. The molecule has 0 bridgehead atoms. The van der Waals surface area contributed by atoms with Crippen molar-refractivity contribution in [3.8, 4) is 0 Å². The van der Waals surface area contributed by atoms with Gasteiger partial charge in [-0.05, 0) is 37.5 Å². The van der Waals surface area contributed by atoms with Gasteiger partial charge in [0.15, 0.2) is 0 Å². The van der Waals surface area contributed by atoms with Crippen LogP contribution in [0.1, 0.15) is 77.3 Å². The number of ether oxygens (including phenoxy) is 1. The molecule has 31 heavy (non-hydrogen) atoms. The maximum absolute atomic E-state index is 12.6. The monoisotopic (exact) mass is 429 g/mol. The Labute approximate surface area is 185 Å². The Balaban J connectivity index is 2.18. The van der Waals surface area contributed by atoms with Gasteiger partial charge in [-0.1, -0.05) is 51.7 Å². The molecule has 1 aromatic rings. The van der Waals surface area contributed by atoms with Crippen molar-refractivity contribution in [1.29, 1.82) is 0 Å². The molecule has 1 aliphatic rings. The van der Waals surface area contributed by atoms with Crippen LogP contribution in [0.15, 0.2) is 35.5 Å². The minimum absolute atomic E-state index is 0.0321. The Morgan fingerprint density at radius 1 is 1.13 bits per heavy atom. The van der Waals surface area contributed by atoms with Gasteiger partial charge in [0.2, 0.25) is 5.91 Å². The summed E-state index contributed by atoms with van der Waals surface area (Å²) in [5, 5.41) is 5.84. The Hall–Kier alpha value is -2.83. The van der Waals surface area contributed by atoms with E-state index in [0.717, 1.165) is 25.7 Å². The molecule has 0 radical (unpaired) electrons. The fourth-order valence-corrected chi connectivity index (χ4v) is 3.81. The predicted octanol–water partition coefficient (Wildman–Crippen LogP) is 4.91. The van der Waals surface area contributed by atoms with Gasteiger partial charge in [-0.25, -0.2) is 9.59 Å². The molecule has 0 saturated carbocycles. The number of rotatable bonds is 11. The maximum Gasteiger partial charge on any atom is 0.337 e. The van der Waals surface area contributed by atoms with Gasteiger partial charge >= 0.3 is 12.0 Å². The fraction of sp³-hybridized carbons (Fsp3) is 0.542. The van der Waals surface area contributed by atoms with Crippen LogP contribution < -0.4 is 10.6 Å². The highest BCUT2D eigenvalue weighted by Gasteiger charge is 2.35. The normalized spacial score (nSPS) is 16.2. The number of esters is 1. The van der Waals surface area contributed by atoms with Gasteiger partial charge in [-0.15, -0.1) is 0 Å². The molecule has 1 aliphatic heterocycles. The fourth-order valence-electron chi connectivity index (χ4n) is 3.81. The third kappa shape index (κ3) is 6.57. The van der Waals surface area contributed by atoms with Crippen molar-refractivity contribution in [2.24, 2.45) is 0 Å². The number of hydrogen-bond acceptors (Lipinski definition) is 4. The highest BCUT2D eigenvalue weighted by molar-refractivity contribution is 5.95. The van der Waals surface area contributed by atoms with Crippen LogP contribution in [-0.2, 0) is 14.3 Å². The van der Waals surface area contributed by atoms with E-state index in [-0.39, 0.29) is 11.9 Å². The molecule has 170 valence electrons. The Morgan fingerprint density at radius 2 is 1.87 bits per heavy atom. The van der Waals surface area contributed by atoms with Crippen LogP contribution in [0.4, 0.5) is 10.5 Å². The summed E-state index contributed by atoms with van der Waals surface area (Å²) in [5.74, 6) is -0.513. The summed E-state index contributed by atoms with van der Waals surface area (Å²) in [6, 6.07) is 6.35. The predicted molar refractivity (Wildman–Crippen MR) is 121 cm³/mol. The molecule has 1 atom stereocenters. The highest BCUT2D eigenvalue weighted by Crippen LogP contribution is 2.32. The van der Waals surface area contributed by atoms with E-state index in [2.05, 4.69) is 17.6 Å². The molecule has 0 aromatic heterocycles. The van der Waals surface area contributed by atoms with Crippen LogP contribution >= 0.6 is 0 Å². The Morgan fingerprint density at radius 3 is 2.55 bits per heavy atom. The summed E-state index contributed by atoms with van der Waals surface area (Å²) in [5.41, 5.74) is 2.34. The lowest BCUT2D eigenvalue weighted by molar-refractivity contribution is -0.136. The molecule has 2 rings (SSSR count). The zero-order chi connectivity index (χ0) is 22.8. The number of carbonyl (C=O) groups excluding carboxylic acids is 3. The molecule has 0 aliphatic carbocycles. The maximum atomic E-state index is 12.6. The summed E-state index contributed by atoms with van der Waals surface area (Å²) < 4.78 is 5.00. The quantitative estimate of drug-likeness (QED) is 0.386. The van der Waals surface area contributed by atoms with E-state index < -0.39 is 12.0 Å². The summed E-state index contributed by atoms with van der Waals surface area (Å²) in [6.07, 6.45) is 6.69. The molecule has 1 aromatic carbocycles. The van der Waals surface area contributed by atoms with E-state index in [4.69, 9.17) is 4.74 Å². The average molecular weight is 430 g/mol. The van der Waals surface area contributed by atoms with Gasteiger partial charge in [0.05, 0.1) is 18.7 Å². The van der Waals surface area contributed by atoms with E-state index in [0.29, 0.717) is 35.5 Å². The number of allylic oxidation sites excluding steroid dienone is 1. The van der Waals surface area contributed by atoms with Crippen LogP contribution in [-0.4, -0.2) is 36.5 Å². The van der Waals surface area contributed by atoms with Gasteiger partial charge in [0, 0.05) is 24.4 Å². The first kappa shape index (κ1) is 24.4. The minimum Gasteiger partial charge on any atom is -0.466 e. The highest BCUT2D eigenvalue weighted by atomic mass is 16.5. The Bertz CT molecular complexity index is 819. The van der Waals surface area contributed by atoms with E-state index in [9.17, 15) is 14.4 Å². The van der Waals surface area contributed by atoms with Crippen LogP contribution in [0.3, 0.4) is 0 Å². The standard InChI is InChI=1S/C24H35N3O4/c1-5-7-8-9-10-14-20(28)25-19-13-11-12-18(16-19)22-21(23(29)31-4)17(3)27(15-6-2)24(30)26-22/h11-13,16,22H,5-10,14-15H2,1-4H3,(H,25,28)(H,26,30)/t22-/m0/s1. The molecule has 1 heterocycles. The third-order valence-corrected chi connectivity index (χ3v) is 5.46. The van der Waals surface area contributed by atoms with Crippen molar-refractivity contribution in [3.05, 3.63) is 41.1 Å². The molecular weight excluding hydrogens is 394 g/mol. The van der Waals surface area contributed by atoms with Gasteiger partial charge in [0.25, 0.3) is 0 Å². The average Bonchev–Trinajstić information content (AvgIpc) is 2.75. The lowest BCUT2D eigenvalue weighted by Crippen LogP contribution is -2.48. The van der Waals surface area contributed by atoms with Crippen LogP contribution in [0.5, 0.6) is 0 Å². The Kier molecular flexibility index (Phi) is 9.56. The summed E-state index contributed by atoms with van der Waals surface area (Å²) in [6.45, 7) is 6.41. The first-order valence-electron chi connectivity index (χ1n) is 11.2. The van der Waals surface area contributed by atoms with E-state index >= 15 is 0 Å². The lowest BCUT2D eigenvalue weighted by atomic mass is 9.94. The number of urea groups is 1. The first-order chi connectivity index (χ1) is 14.9. The molecule has 7 nitrogen and oxygen atoms in total. The molecule has 2 N–H and O–H groups in total. The minimum atomic E-state index is -0.640. The lowest BCUT2D eigenvalue weighted by Gasteiger charge is -2.35. The summed E-state index contributed by atoms with van der Waals surface area (Å²) in [7, 11) is 1.33. The number of benzene rings is 1.